The van der Waals surface area contributed by atoms with Gasteiger partial charge in [0.2, 0.25) is 5.91 Å². The lowest BCUT2D eigenvalue weighted by molar-refractivity contribution is -0.128. The van der Waals surface area contributed by atoms with Gasteiger partial charge < -0.3 is 10.1 Å². The molecule has 0 aliphatic heterocycles. The van der Waals surface area contributed by atoms with Crippen molar-refractivity contribution >= 4 is 17.5 Å². The van der Waals surface area contributed by atoms with Gasteiger partial charge in [-0.3, -0.25) is 20.4 Å². The highest BCUT2D eigenvalue weighted by atomic mass is 16.5. The largest absolute Gasteiger partial charge is 0.495 e. The topological polar surface area (TPSA) is 79.5 Å². The number of benzene rings is 1. The number of rotatable bonds is 5. The van der Waals surface area contributed by atoms with Gasteiger partial charge in [0.25, 0.3) is 5.91 Å². The van der Waals surface area contributed by atoms with E-state index in [1.165, 1.54) is 0 Å². The molecule has 19 heavy (non-hydrogen) atoms. The Morgan fingerprint density at radius 2 is 2.00 bits per heavy atom. The number of anilines is 1. The van der Waals surface area contributed by atoms with Gasteiger partial charge in [0.15, 0.2) is 0 Å². The standard InChI is InChI=1S/C13H17N3O3/c1-19-11-5-3-2-4-10(11)14-8-12(17)15-16-13(18)9-6-7-9/h2-5,9,14H,6-8H2,1H3,(H,15,17)(H,16,18). The Morgan fingerprint density at radius 1 is 1.26 bits per heavy atom. The molecular weight excluding hydrogens is 246 g/mol. The first-order chi connectivity index (χ1) is 9.20. The Kier molecular flexibility index (Phi) is 4.22. The van der Waals surface area contributed by atoms with Crippen LogP contribution in [0.3, 0.4) is 0 Å². The number of hydrogen-bond donors (Lipinski definition) is 3. The van der Waals surface area contributed by atoms with Crippen LogP contribution in [0.5, 0.6) is 5.75 Å². The monoisotopic (exact) mass is 263 g/mol. The minimum Gasteiger partial charge on any atom is -0.495 e. The molecule has 1 aliphatic rings. The Balaban J connectivity index is 1.74. The van der Waals surface area contributed by atoms with Crippen LogP contribution in [0.1, 0.15) is 12.8 Å². The van der Waals surface area contributed by atoms with Crippen LogP contribution in [0.2, 0.25) is 0 Å². The van der Waals surface area contributed by atoms with Gasteiger partial charge in [-0.25, -0.2) is 0 Å². The fraction of sp³-hybridized carbons (Fsp3) is 0.385. The van der Waals surface area contributed by atoms with Crippen LogP contribution in [0.4, 0.5) is 5.69 Å². The van der Waals surface area contributed by atoms with Gasteiger partial charge >= 0.3 is 0 Å². The highest BCUT2D eigenvalue weighted by Crippen LogP contribution is 2.28. The molecule has 102 valence electrons. The number of methoxy groups -OCH3 is 1. The van der Waals surface area contributed by atoms with Gasteiger partial charge in [0, 0.05) is 5.92 Å². The molecule has 1 aromatic rings. The van der Waals surface area contributed by atoms with Gasteiger partial charge in [-0.05, 0) is 25.0 Å². The second kappa shape index (κ2) is 6.08. The highest BCUT2D eigenvalue weighted by molar-refractivity contribution is 5.86. The Morgan fingerprint density at radius 3 is 2.68 bits per heavy atom. The zero-order chi connectivity index (χ0) is 13.7. The first-order valence-electron chi connectivity index (χ1n) is 6.16. The van der Waals surface area contributed by atoms with Crippen molar-refractivity contribution in [2.45, 2.75) is 12.8 Å². The molecule has 1 aromatic carbocycles. The van der Waals surface area contributed by atoms with Gasteiger partial charge in [-0.1, -0.05) is 12.1 Å². The third kappa shape index (κ3) is 3.87. The van der Waals surface area contributed by atoms with E-state index in [0.29, 0.717) is 5.75 Å². The lowest BCUT2D eigenvalue weighted by atomic mass is 10.3. The number of amides is 2. The molecule has 6 nitrogen and oxygen atoms in total. The molecule has 6 heteroatoms. The fourth-order valence-corrected chi connectivity index (χ4v) is 1.59. The molecule has 0 radical (unpaired) electrons. The minimum atomic E-state index is -0.306. The van der Waals surface area contributed by atoms with E-state index in [1.54, 1.807) is 13.2 Å². The minimum absolute atomic E-state index is 0.0608. The van der Waals surface area contributed by atoms with E-state index in [-0.39, 0.29) is 24.3 Å². The van der Waals surface area contributed by atoms with E-state index in [2.05, 4.69) is 16.2 Å². The molecule has 0 atom stereocenters. The summed E-state index contributed by atoms with van der Waals surface area (Å²) in [5.74, 6) is 0.311. The maximum atomic E-state index is 11.5. The molecule has 0 spiro atoms. The van der Waals surface area contributed by atoms with Crippen LogP contribution in [-0.4, -0.2) is 25.5 Å². The van der Waals surface area contributed by atoms with Crippen LogP contribution in [0.25, 0.3) is 0 Å². The SMILES string of the molecule is COc1ccccc1NCC(=O)NNC(=O)C1CC1. The lowest BCUT2D eigenvalue weighted by Gasteiger charge is -2.11. The summed E-state index contributed by atoms with van der Waals surface area (Å²) in [6.07, 6.45) is 1.81. The molecule has 1 saturated carbocycles. The van der Waals surface area contributed by atoms with Crippen LogP contribution in [0.15, 0.2) is 24.3 Å². The van der Waals surface area contributed by atoms with E-state index in [4.69, 9.17) is 4.74 Å². The van der Waals surface area contributed by atoms with E-state index in [1.807, 2.05) is 18.2 Å². The van der Waals surface area contributed by atoms with E-state index in [9.17, 15) is 9.59 Å². The van der Waals surface area contributed by atoms with Crippen molar-refractivity contribution in [3.8, 4) is 5.75 Å². The van der Waals surface area contributed by atoms with Crippen molar-refractivity contribution in [2.75, 3.05) is 19.0 Å². The van der Waals surface area contributed by atoms with Crippen LogP contribution < -0.4 is 20.9 Å². The number of nitrogens with one attached hydrogen (secondary N) is 3. The summed E-state index contributed by atoms with van der Waals surface area (Å²) in [6.45, 7) is 0.0608. The summed E-state index contributed by atoms with van der Waals surface area (Å²) in [5.41, 5.74) is 5.50. The molecule has 0 aromatic heterocycles. The van der Waals surface area contributed by atoms with Gasteiger partial charge in [-0.15, -0.1) is 0 Å². The van der Waals surface area contributed by atoms with Crippen molar-refractivity contribution in [2.24, 2.45) is 5.92 Å². The molecule has 1 aliphatic carbocycles. The zero-order valence-electron chi connectivity index (χ0n) is 10.7. The van der Waals surface area contributed by atoms with Crippen molar-refractivity contribution in [3.63, 3.8) is 0 Å². The molecule has 1 fully saturated rings. The lowest BCUT2D eigenvalue weighted by Crippen LogP contribution is -2.44. The second-order valence-corrected chi connectivity index (χ2v) is 4.37. The first-order valence-corrected chi connectivity index (χ1v) is 6.16. The molecule has 0 heterocycles. The van der Waals surface area contributed by atoms with Crippen LogP contribution in [0, 0.1) is 5.92 Å². The number of hydrazine groups is 1. The van der Waals surface area contributed by atoms with Gasteiger partial charge in [0.05, 0.1) is 19.3 Å². The average Bonchev–Trinajstić information content (AvgIpc) is 3.27. The number of para-hydroxylation sites is 2. The summed E-state index contributed by atoms with van der Waals surface area (Å²) in [4.78, 5) is 22.9. The van der Waals surface area contributed by atoms with Crippen molar-refractivity contribution < 1.29 is 14.3 Å². The average molecular weight is 263 g/mol. The summed E-state index contributed by atoms with van der Waals surface area (Å²) < 4.78 is 5.15. The molecular formula is C13H17N3O3. The smallest absolute Gasteiger partial charge is 0.257 e. The summed E-state index contributed by atoms with van der Waals surface area (Å²) in [5, 5.41) is 2.94. The molecule has 0 unspecified atom stereocenters. The predicted octanol–water partition coefficient (Wildman–Crippen LogP) is 0.664. The maximum Gasteiger partial charge on any atom is 0.257 e. The van der Waals surface area contributed by atoms with E-state index < -0.39 is 0 Å². The maximum absolute atomic E-state index is 11.5. The van der Waals surface area contributed by atoms with Crippen LogP contribution in [-0.2, 0) is 9.59 Å². The van der Waals surface area contributed by atoms with Gasteiger partial charge in [0.1, 0.15) is 5.75 Å². The predicted molar refractivity (Wildman–Crippen MR) is 70.5 cm³/mol. The third-order valence-corrected chi connectivity index (χ3v) is 2.82. The molecule has 0 bridgehead atoms. The quantitative estimate of drug-likeness (QED) is 0.682. The van der Waals surface area contributed by atoms with E-state index in [0.717, 1.165) is 18.5 Å². The molecule has 3 N–H and O–H groups in total. The van der Waals surface area contributed by atoms with E-state index >= 15 is 0 Å². The van der Waals surface area contributed by atoms with Gasteiger partial charge in [-0.2, -0.15) is 0 Å². The summed E-state index contributed by atoms with van der Waals surface area (Å²) in [6, 6.07) is 7.31. The summed E-state index contributed by atoms with van der Waals surface area (Å²) in [7, 11) is 1.57. The molecule has 2 rings (SSSR count). The number of carbonyl (C=O) groups is 2. The first kappa shape index (κ1) is 13.2. The zero-order valence-corrected chi connectivity index (χ0v) is 10.7. The van der Waals surface area contributed by atoms with Crippen molar-refractivity contribution in [1.82, 2.24) is 10.9 Å². The fourth-order valence-electron chi connectivity index (χ4n) is 1.59. The molecule has 2 amide bonds. The van der Waals surface area contributed by atoms with Crippen molar-refractivity contribution in [3.05, 3.63) is 24.3 Å². The molecule has 0 saturated heterocycles. The third-order valence-electron chi connectivity index (χ3n) is 2.82. The Hall–Kier alpha value is -2.24. The second-order valence-electron chi connectivity index (χ2n) is 4.37. The number of hydrogen-bond acceptors (Lipinski definition) is 4. The highest BCUT2D eigenvalue weighted by Gasteiger charge is 2.29. The summed E-state index contributed by atoms with van der Waals surface area (Å²) >= 11 is 0. The van der Waals surface area contributed by atoms with Crippen LogP contribution >= 0.6 is 0 Å². The number of ether oxygens (including phenoxy) is 1. The number of carbonyl (C=O) groups excluding carboxylic acids is 2. The Labute approximate surface area is 111 Å². The normalized spacial score (nSPS) is 13.5. The van der Waals surface area contributed by atoms with Crippen molar-refractivity contribution in [1.29, 1.82) is 0 Å². The Bertz CT molecular complexity index is 472.